The number of aliphatic hydroxyl groups is 3. The third-order valence-electron chi connectivity index (χ3n) is 5.92. The van der Waals surface area contributed by atoms with Crippen LogP contribution in [0, 0.1) is 0 Å². The number of nitrogens with one attached hydrogen (secondary N) is 2. The van der Waals surface area contributed by atoms with Crippen LogP contribution in [0.25, 0.3) is 0 Å². The number of hydrogen-bond donors (Lipinski definition) is 5. The Balaban J connectivity index is 1.33. The molecular weight excluding hydrogens is 532 g/mol. The summed E-state index contributed by atoms with van der Waals surface area (Å²) in [7, 11) is 3.00. The number of carbonyl (C=O) groups is 1. The number of benzene rings is 2. The smallest absolute Gasteiger partial charge is 0.251 e. The van der Waals surface area contributed by atoms with E-state index in [1.54, 1.807) is 36.4 Å². The highest BCUT2D eigenvalue weighted by Gasteiger charge is 2.37. The molecule has 0 aliphatic carbocycles. The van der Waals surface area contributed by atoms with Crippen molar-refractivity contribution in [2.75, 3.05) is 26.1 Å². The highest BCUT2D eigenvalue weighted by molar-refractivity contribution is 6.33. The second-order valence-corrected chi connectivity index (χ2v) is 9.00. The van der Waals surface area contributed by atoms with E-state index in [-0.39, 0.29) is 25.5 Å². The van der Waals surface area contributed by atoms with Gasteiger partial charge < -0.3 is 44.9 Å². The molecule has 1 saturated heterocycles. The number of methoxy groups -OCH3 is 1. The number of rotatable bonds is 10. The molecule has 2 heterocycles. The standard InChI is InChI=1S/C26H29ClN4O8/c1-28-24(35)14-7-15(23(27)21(8-14)36-2)13-37-18-10-29-26(30-11-18)31-16-3-5-17(6-4-16)38-25-20(34)9-19(33)22(12-32)39-25/h3-8,10-11,19-20,22,25,32-34H,9,12-13H2,1-2H3,(H,28,35)(H,29,30,31)/t19-,20+,22+,25+/m0/s1. The van der Waals surface area contributed by atoms with Crippen molar-refractivity contribution >= 4 is 29.1 Å². The molecule has 208 valence electrons. The third-order valence-corrected chi connectivity index (χ3v) is 6.35. The average molecular weight is 561 g/mol. The summed E-state index contributed by atoms with van der Waals surface area (Å²) in [6.07, 6.45) is -0.806. The normalized spacial score (nSPS) is 20.7. The number of ether oxygens (including phenoxy) is 4. The van der Waals surface area contributed by atoms with Gasteiger partial charge in [-0.15, -0.1) is 0 Å². The second-order valence-electron chi connectivity index (χ2n) is 8.62. The van der Waals surface area contributed by atoms with E-state index in [1.165, 1.54) is 26.6 Å². The van der Waals surface area contributed by atoms with Crippen molar-refractivity contribution in [2.45, 2.75) is 37.6 Å². The maximum atomic E-state index is 12.0. The van der Waals surface area contributed by atoms with Crippen molar-refractivity contribution in [1.82, 2.24) is 15.3 Å². The lowest BCUT2D eigenvalue weighted by Gasteiger charge is -2.36. The molecule has 13 heteroatoms. The lowest BCUT2D eigenvalue weighted by molar-refractivity contribution is -0.240. The molecule has 2 aromatic carbocycles. The van der Waals surface area contributed by atoms with E-state index in [0.29, 0.717) is 45.0 Å². The molecule has 4 atom stereocenters. The van der Waals surface area contributed by atoms with E-state index in [2.05, 4.69) is 20.6 Å². The SMILES string of the molecule is CNC(=O)c1cc(COc2cnc(Nc3ccc(O[C@@H]4O[C@H](CO)[C@@H](O)C[C@H]4O)cc3)nc2)c(Cl)c(OC)c1. The van der Waals surface area contributed by atoms with E-state index in [0.717, 1.165) is 0 Å². The van der Waals surface area contributed by atoms with Crippen LogP contribution in [0.15, 0.2) is 48.8 Å². The van der Waals surface area contributed by atoms with Crippen molar-refractivity contribution in [3.8, 4) is 17.2 Å². The molecule has 3 aromatic rings. The van der Waals surface area contributed by atoms with Gasteiger partial charge in [-0.2, -0.15) is 0 Å². The first kappa shape index (κ1) is 28.3. The zero-order valence-corrected chi connectivity index (χ0v) is 22.0. The van der Waals surface area contributed by atoms with Gasteiger partial charge in [-0.1, -0.05) is 11.6 Å². The summed E-state index contributed by atoms with van der Waals surface area (Å²) >= 11 is 6.38. The number of nitrogens with zero attached hydrogens (tertiary/aromatic N) is 2. The highest BCUT2D eigenvalue weighted by Crippen LogP contribution is 2.31. The van der Waals surface area contributed by atoms with Gasteiger partial charge in [-0.3, -0.25) is 4.79 Å². The summed E-state index contributed by atoms with van der Waals surface area (Å²) < 4.78 is 22.1. The van der Waals surface area contributed by atoms with Crippen LogP contribution in [0.5, 0.6) is 17.2 Å². The minimum absolute atomic E-state index is 0.0379. The molecule has 1 aliphatic heterocycles. The zero-order valence-electron chi connectivity index (χ0n) is 21.2. The Morgan fingerprint density at radius 1 is 1.13 bits per heavy atom. The zero-order chi connectivity index (χ0) is 27.9. The Labute approximate surface area is 229 Å². The van der Waals surface area contributed by atoms with Crippen molar-refractivity contribution < 1.29 is 39.1 Å². The first-order chi connectivity index (χ1) is 18.8. The lowest BCUT2D eigenvalue weighted by atomic mass is 10.0. The Morgan fingerprint density at radius 2 is 1.85 bits per heavy atom. The fourth-order valence-electron chi connectivity index (χ4n) is 3.82. The molecule has 4 rings (SSSR count). The summed E-state index contributed by atoms with van der Waals surface area (Å²) in [5.74, 6) is 1.22. The fourth-order valence-corrected chi connectivity index (χ4v) is 4.06. The molecule has 0 spiro atoms. The Morgan fingerprint density at radius 3 is 2.49 bits per heavy atom. The molecule has 0 bridgehead atoms. The van der Waals surface area contributed by atoms with E-state index < -0.39 is 24.6 Å². The van der Waals surface area contributed by atoms with Gasteiger partial charge in [0.25, 0.3) is 5.91 Å². The summed E-state index contributed by atoms with van der Waals surface area (Å²) in [6.45, 7) is -0.317. The van der Waals surface area contributed by atoms with Gasteiger partial charge in [-0.05, 0) is 36.4 Å². The van der Waals surface area contributed by atoms with Crippen LogP contribution >= 0.6 is 11.6 Å². The molecule has 39 heavy (non-hydrogen) atoms. The fraction of sp³-hybridized carbons (Fsp3) is 0.346. The van der Waals surface area contributed by atoms with E-state index in [9.17, 15) is 20.1 Å². The average Bonchev–Trinajstić information content (AvgIpc) is 2.95. The van der Waals surface area contributed by atoms with Crippen LogP contribution in [0.4, 0.5) is 11.6 Å². The molecule has 1 amide bonds. The highest BCUT2D eigenvalue weighted by atomic mass is 35.5. The number of carbonyl (C=O) groups excluding carboxylic acids is 1. The maximum Gasteiger partial charge on any atom is 0.251 e. The molecule has 1 aliphatic rings. The number of amides is 1. The van der Waals surface area contributed by atoms with Crippen LogP contribution in [0.2, 0.25) is 5.02 Å². The van der Waals surface area contributed by atoms with Crippen LogP contribution in [-0.4, -0.2) is 76.6 Å². The van der Waals surface area contributed by atoms with Gasteiger partial charge in [0.15, 0.2) is 5.75 Å². The Hall–Kier alpha value is -3.68. The second kappa shape index (κ2) is 12.9. The molecule has 1 fully saturated rings. The summed E-state index contributed by atoms with van der Waals surface area (Å²) in [5, 5.41) is 35.2. The largest absolute Gasteiger partial charge is 0.495 e. The number of aromatic nitrogens is 2. The maximum absolute atomic E-state index is 12.0. The quantitative estimate of drug-likeness (QED) is 0.246. The van der Waals surface area contributed by atoms with Gasteiger partial charge in [0.2, 0.25) is 12.2 Å². The van der Waals surface area contributed by atoms with Crippen LogP contribution in [0.1, 0.15) is 22.3 Å². The number of anilines is 2. The predicted molar refractivity (Wildman–Crippen MR) is 140 cm³/mol. The number of halogens is 1. The molecule has 5 N–H and O–H groups in total. The third kappa shape index (κ3) is 7.05. The minimum Gasteiger partial charge on any atom is -0.495 e. The van der Waals surface area contributed by atoms with Gasteiger partial charge in [0.05, 0.1) is 37.2 Å². The topological polar surface area (TPSA) is 165 Å². The Kier molecular flexibility index (Phi) is 9.38. The van der Waals surface area contributed by atoms with Crippen molar-refractivity contribution in [1.29, 1.82) is 0 Å². The van der Waals surface area contributed by atoms with Gasteiger partial charge in [0, 0.05) is 30.3 Å². The first-order valence-corrected chi connectivity index (χ1v) is 12.4. The lowest BCUT2D eigenvalue weighted by Crippen LogP contribution is -2.50. The van der Waals surface area contributed by atoms with Crippen LogP contribution < -0.4 is 24.8 Å². The molecule has 0 radical (unpaired) electrons. The molecular formula is C26H29ClN4O8. The van der Waals surface area contributed by atoms with E-state index >= 15 is 0 Å². The van der Waals surface area contributed by atoms with E-state index in [4.69, 9.17) is 30.5 Å². The first-order valence-electron chi connectivity index (χ1n) is 12.0. The molecule has 12 nitrogen and oxygen atoms in total. The van der Waals surface area contributed by atoms with Gasteiger partial charge in [0.1, 0.15) is 30.3 Å². The summed E-state index contributed by atoms with van der Waals surface area (Å²) in [4.78, 5) is 20.5. The summed E-state index contributed by atoms with van der Waals surface area (Å²) in [5.41, 5.74) is 1.63. The summed E-state index contributed by atoms with van der Waals surface area (Å²) in [6, 6.07) is 9.97. The predicted octanol–water partition coefficient (Wildman–Crippen LogP) is 2.03. The monoisotopic (exact) mass is 560 g/mol. The van der Waals surface area contributed by atoms with Crippen LogP contribution in [0.3, 0.4) is 0 Å². The van der Waals surface area contributed by atoms with Gasteiger partial charge >= 0.3 is 0 Å². The van der Waals surface area contributed by atoms with Crippen molar-refractivity contribution in [2.24, 2.45) is 0 Å². The molecule has 1 aromatic heterocycles. The van der Waals surface area contributed by atoms with Crippen LogP contribution in [-0.2, 0) is 11.3 Å². The number of aliphatic hydroxyl groups excluding tert-OH is 3. The van der Waals surface area contributed by atoms with Crippen molar-refractivity contribution in [3.63, 3.8) is 0 Å². The minimum atomic E-state index is -1.03. The number of hydrogen-bond acceptors (Lipinski definition) is 11. The van der Waals surface area contributed by atoms with Crippen molar-refractivity contribution in [3.05, 3.63) is 64.9 Å². The molecule has 0 saturated carbocycles. The van der Waals surface area contributed by atoms with E-state index in [1.807, 2.05) is 0 Å². The van der Waals surface area contributed by atoms with Gasteiger partial charge in [-0.25, -0.2) is 9.97 Å². The molecule has 0 unspecified atom stereocenters. The Bertz CT molecular complexity index is 1260.